The number of nitrogens with zero attached hydrogens (tertiary/aromatic N) is 1. The van der Waals surface area contributed by atoms with Gasteiger partial charge < -0.3 is 5.11 Å². The van der Waals surface area contributed by atoms with Gasteiger partial charge in [-0.2, -0.15) is 0 Å². The second-order valence-corrected chi connectivity index (χ2v) is 5.59. The molecule has 0 saturated carbocycles. The van der Waals surface area contributed by atoms with E-state index in [1.165, 1.54) is 44.0 Å². The van der Waals surface area contributed by atoms with Crippen LogP contribution < -0.4 is 0 Å². The van der Waals surface area contributed by atoms with Crippen molar-refractivity contribution in [1.82, 2.24) is 4.90 Å². The zero-order valence-electron chi connectivity index (χ0n) is 12.1. The van der Waals surface area contributed by atoms with Gasteiger partial charge in [0.2, 0.25) is 0 Å². The van der Waals surface area contributed by atoms with E-state index in [0.717, 1.165) is 18.0 Å². The van der Waals surface area contributed by atoms with E-state index >= 15 is 0 Å². The van der Waals surface area contributed by atoms with Crippen molar-refractivity contribution in [3.63, 3.8) is 0 Å². The summed E-state index contributed by atoms with van der Waals surface area (Å²) in [6, 6.07) is 8.14. The van der Waals surface area contributed by atoms with Crippen LogP contribution in [0.5, 0.6) is 0 Å². The van der Waals surface area contributed by atoms with E-state index in [9.17, 15) is 4.79 Å². The zero-order chi connectivity index (χ0) is 14.4. The van der Waals surface area contributed by atoms with Crippen LogP contribution in [0.3, 0.4) is 0 Å². The Kier molecular flexibility index (Phi) is 5.36. The lowest BCUT2D eigenvalue weighted by molar-refractivity contribution is -0.131. The van der Waals surface area contributed by atoms with Gasteiger partial charge in [0.1, 0.15) is 0 Å². The lowest BCUT2D eigenvalue weighted by Gasteiger charge is -2.16. The third-order valence-electron chi connectivity index (χ3n) is 3.87. The first-order valence-electron chi connectivity index (χ1n) is 7.39. The molecule has 0 amide bonds. The fourth-order valence-corrected chi connectivity index (χ4v) is 2.86. The van der Waals surface area contributed by atoms with E-state index in [1.54, 1.807) is 6.08 Å². The van der Waals surface area contributed by atoms with E-state index in [1.807, 2.05) is 12.1 Å². The van der Waals surface area contributed by atoms with Crippen molar-refractivity contribution in [3.05, 3.63) is 41.5 Å². The Bertz CT molecular complexity index is 464. The van der Waals surface area contributed by atoms with Crippen LogP contribution in [0, 0.1) is 5.92 Å². The summed E-state index contributed by atoms with van der Waals surface area (Å²) >= 11 is 0. The molecule has 0 bridgehead atoms. The Labute approximate surface area is 120 Å². The number of carboxylic acid groups (broad SMARTS) is 1. The van der Waals surface area contributed by atoms with Crippen LogP contribution in [-0.2, 0) is 11.3 Å². The predicted molar refractivity (Wildman–Crippen MR) is 81.4 cm³/mol. The maximum atomic E-state index is 10.5. The molecule has 2 rings (SSSR count). The van der Waals surface area contributed by atoms with Gasteiger partial charge in [0.05, 0.1) is 0 Å². The lowest BCUT2D eigenvalue weighted by atomic mass is 10.0. The summed E-state index contributed by atoms with van der Waals surface area (Å²) < 4.78 is 0. The van der Waals surface area contributed by atoms with Crippen molar-refractivity contribution in [2.75, 3.05) is 13.1 Å². The van der Waals surface area contributed by atoms with Crippen LogP contribution >= 0.6 is 0 Å². The number of carbonyl (C=O) groups is 1. The summed E-state index contributed by atoms with van der Waals surface area (Å²) in [5.74, 6) is -0.0362. The van der Waals surface area contributed by atoms with Crippen LogP contribution in [0.1, 0.15) is 37.3 Å². The summed E-state index contributed by atoms with van der Waals surface area (Å²) in [5, 5.41) is 8.59. The molecule has 1 aromatic rings. The first kappa shape index (κ1) is 14.8. The molecule has 108 valence electrons. The van der Waals surface area contributed by atoms with Gasteiger partial charge in [-0.1, -0.05) is 37.6 Å². The first-order chi connectivity index (χ1) is 9.67. The minimum Gasteiger partial charge on any atom is -0.478 e. The third kappa shape index (κ3) is 4.49. The Morgan fingerprint density at radius 3 is 2.80 bits per heavy atom. The molecular formula is C17H23NO2. The molecule has 1 unspecified atom stereocenters. The predicted octanol–water partition coefficient (Wildman–Crippen LogP) is 3.41. The average molecular weight is 273 g/mol. The molecule has 1 aliphatic heterocycles. The summed E-state index contributed by atoms with van der Waals surface area (Å²) in [5.41, 5.74) is 2.23. The molecule has 3 heteroatoms. The van der Waals surface area contributed by atoms with Crippen LogP contribution in [0.4, 0.5) is 0 Å². The Morgan fingerprint density at radius 2 is 2.15 bits per heavy atom. The molecule has 0 spiro atoms. The Hall–Kier alpha value is -1.61. The standard InChI is InChI=1S/C17H23NO2/c1-2-3-15-10-11-18(12-15)13-16-6-4-14(5-7-16)8-9-17(19)20/h4-9,15H,2-3,10-13H2,1H3,(H,19,20)/b9-8+. The van der Waals surface area contributed by atoms with Crippen molar-refractivity contribution in [3.8, 4) is 0 Å². The van der Waals surface area contributed by atoms with Gasteiger partial charge in [-0.3, -0.25) is 4.90 Å². The molecule has 1 saturated heterocycles. The highest BCUT2D eigenvalue weighted by Crippen LogP contribution is 2.22. The summed E-state index contributed by atoms with van der Waals surface area (Å²) in [6.45, 7) is 5.68. The number of carboxylic acids is 1. The summed E-state index contributed by atoms with van der Waals surface area (Å²) in [6.07, 6.45) is 6.75. The van der Waals surface area contributed by atoms with E-state index in [0.29, 0.717) is 0 Å². The number of likely N-dealkylation sites (tertiary alicyclic amines) is 1. The molecule has 20 heavy (non-hydrogen) atoms. The van der Waals surface area contributed by atoms with Crippen LogP contribution in [-0.4, -0.2) is 29.1 Å². The van der Waals surface area contributed by atoms with Crippen molar-refractivity contribution in [1.29, 1.82) is 0 Å². The maximum absolute atomic E-state index is 10.5. The molecule has 0 radical (unpaired) electrons. The van der Waals surface area contributed by atoms with Gasteiger partial charge >= 0.3 is 5.97 Å². The number of hydrogen-bond acceptors (Lipinski definition) is 2. The van der Waals surface area contributed by atoms with Crippen LogP contribution in [0.2, 0.25) is 0 Å². The monoisotopic (exact) mass is 273 g/mol. The van der Waals surface area contributed by atoms with Crippen molar-refractivity contribution < 1.29 is 9.90 Å². The summed E-state index contributed by atoms with van der Waals surface area (Å²) in [7, 11) is 0. The van der Waals surface area contributed by atoms with Crippen molar-refractivity contribution in [2.24, 2.45) is 5.92 Å². The Morgan fingerprint density at radius 1 is 1.40 bits per heavy atom. The van der Waals surface area contributed by atoms with Gasteiger partial charge in [0, 0.05) is 19.2 Å². The molecule has 0 aromatic heterocycles. The minimum absolute atomic E-state index is 0.873. The Balaban J connectivity index is 1.86. The summed E-state index contributed by atoms with van der Waals surface area (Å²) in [4.78, 5) is 13.0. The largest absolute Gasteiger partial charge is 0.478 e. The molecule has 1 heterocycles. The third-order valence-corrected chi connectivity index (χ3v) is 3.87. The number of rotatable bonds is 6. The van der Waals surface area contributed by atoms with Gasteiger partial charge in [0.25, 0.3) is 0 Å². The minimum atomic E-state index is -0.909. The zero-order valence-corrected chi connectivity index (χ0v) is 12.1. The number of benzene rings is 1. The normalized spacial score (nSPS) is 19.8. The van der Waals surface area contributed by atoms with Gasteiger partial charge in [-0.25, -0.2) is 4.79 Å². The molecule has 0 aliphatic carbocycles. The van der Waals surface area contributed by atoms with Gasteiger partial charge in [0.15, 0.2) is 0 Å². The van der Waals surface area contributed by atoms with Crippen LogP contribution in [0.25, 0.3) is 6.08 Å². The highest BCUT2D eigenvalue weighted by atomic mass is 16.4. The molecule has 1 N–H and O–H groups in total. The van der Waals surface area contributed by atoms with E-state index in [-0.39, 0.29) is 0 Å². The molecule has 1 atom stereocenters. The van der Waals surface area contributed by atoms with Crippen molar-refractivity contribution in [2.45, 2.75) is 32.7 Å². The second kappa shape index (κ2) is 7.25. The molecule has 1 fully saturated rings. The van der Waals surface area contributed by atoms with Gasteiger partial charge in [-0.15, -0.1) is 0 Å². The van der Waals surface area contributed by atoms with E-state index in [4.69, 9.17) is 5.11 Å². The highest BCUT2D eigenvalue weighted by Gasteiger charge is 2.21. The quantitative estimate of drug-likeness (QED) is 0.807. The topological polar surface area (TPSA) is 40.5 Å². The first-order valence-corrected chi connectivity index (χ1v) is 7.39. The van der Waals surface area contributed by atoms with Gasteiger partial charge in [-0.05, 0) is 42.5 Å². The van der Waals surface area contributed by atoms with Crippen molar-refractivity contribution >= 4 is 12.0 Å². The SMILES string of the molecule is CCCC1CCN(Cc2ccc(/C=C/C(=O)O)cc2)C1. The average Bonchev–Trinajstić information content (AvgIpc) is 2.86. The fraction of sp³-hybridized carbons (Fsp3) is 0.471. The number of aliphatic carboxylic acids is 1. The fourth-order valence-electron chi connectivity index (χ4n) is 2.86. The van der Waals surface area contributed by atoms with Crippen LogP contribution in [0.15, 0.2) is 30.3 Å². The van der Waals surface area contributed by atoms with E-state index < -0.39 is 5.97 Å². The molecule has 3 nitrogen and oxygen atoms in total. The second-order valence-electron chi connectivity index (χ2n) is 5.59. The lowest BCUT2D eigenvalue weighted by Crippen LogP contribution is -2.20. The maximum Gasteiger partial charge on any atom is 0.328 e. The molecule has 1 aromatic carbocycles. The van der Waals surface area contributed by atoms with E-state index in [2.05, 4.69) is 24.0 Å². The smallest absolute Gasteiger partial charge is 0.328 e. The molecule has 1 aliphatic rings. The highest BCUT2D eigenvalue weighted by molar-refractivity contribution is 5.85. The number of hydrogen-bond donors (Lipinski definition) is 1. The molecular weight excluding hydrogens is 250 g/mol.